The van der Waals surface area contributed by atoms with E-state index < -0.39 is 17.6 Å². The molecule has 3 aromatic rings. The molecule has 0 aliphatic rings. The fourth-order valence-electron chi connectivity index (χ4n) is 2.42. The summed E-state index contributed by atoms with van der Waals surface area (Å²) >= 11 is 0. The zero-order chi connectivity index (χ0) is 20.3. The Kier molecular flexibility index (Phi) is 5.48. The van der Waals surface area contributed by atoms with E-state index in [-0.39, 0.29) is 35.5 Å². The highest BCUT2D eigenvalue weighted by Gasteiger charge is 2.16. The van der Waals surface area contributed by atoms with Gasteiger partial charge in [-0.05, 0) is 26.0 Å². The number of benzene rings is 1. The Morgan fingerprint density at radius 2 is 1.96 bits per heavy atom. The third-order valence-electron chi connectivity index (χ3n) is 3.90. The van der Waals surface area contributed by atoms with Gasteiger partial charge in [-0.2, -0.15) is 10.1 Å². The average Bonchev–Trinajstić information content (AvgIpc) is 3.10. The first-order valence-electron chi connectivity index (χ1n) is 8.43. The zero-order valence-electron chi connectivity index (χ0n) is 15.1. The summed E-state index contributed by atoms with van der Waals surface area (Å²) in [6, 6.07) is 3.66. The van der Waals surface area contributed by atoms with Crippen molar-refractivity contribution in [1.82, 2.24) is 19.7 Å². The molecule has 0 fully saturated rings. The molecule has 0 saturated carbocycles. The minimum absolute atomic E-state index is 0.0658. The summed E-state index contributed by atoms with van der Waals surface area (Å²) in [7, 11) is 0. The quantitative estimate of drug-likeness (QED) is 0.568. The molecule has 146 valence electrons. The van der Waals surface area contributed by atoms with Crippen LogP contribution in [0.1, 0.15) is 35.8 Å². The van der Waals surface area contributed by atoms with Crippen molar-refractivity contribution in [3.8, 4) is 0 Å². The molecule has 0 spiro atoms. The minimum atomic E-state index is -1.27. The molecule has 1 aromatic carbocycles. The van der Waals surface area contributed by atoms with Crippen molar-refractivity contribution >= 4 is 23.4 Å². The molecule has 0 amide bonds. The van der Waals surface area contributed by atoms with Gasteiger partial charge in [-0.3, -0.25) is 4.68 Å². The van der Waals surface area contributed by atoms with E-state index in [4.69, 9.17) is 0 Å². The Bertz CT molecular complexity index is 985. The monoisotopic (exact) mass is 388 g/mol. The molecule has 0 atom stereocenters. The highest BCUT2D eigenvalue weighted by atomic mass is 19.1. The lowest BCUT2D eigenvalue weighted by Crippen LogP contribution is -2.12. The summed E-state index contributed by atoms with van der Waals surface area (Å²) in [6.07, 6.45) is 4.45. The number of carboxylic acids is 1. The molecule has 28 heavy (non-hydrogen) atoms. The van der Waals surface area contributed by atoms with E-state index in [0.717, 1.165) is 18.3 Å². The molecule has 2 aromatic heterocycles. The van der Waals surface area contributed by atoms with Crippen molar-refractivity contribution in [2.24, 2.45) is 0 Å². The van der Waals surface area contributed by atoms with Crippen molar-refractivity contribution in [3.05, 3.63) is 59.6 Å². The number of nitrogens with one attached hydrogen (secondary N) is 2. The number of aromatic nitrogens is 4. The summed E-state index contributed by atoms with van der Waals surface area (Å²) in [6.45, 7) is 3.66. The number of hydrogen-bond acceptors (Lipinski definition) is 6. The second kappa shape index (κ2) is 7.99. The maximum absolute atomic E-state index is 13.8. The third kappa shape index (κ3) is 4.22. The summed E-state index contributed by atoms with van der Waals surface area (Å²) in [5, 5.41) is 19.1. The van der Waals surface area contributed by atoms with Gasteiger partial charge in [0.1, 0.15) is 23.0 Å². The molecule has 0 radical (unpaired) electrons. The van der Waals surface area contributed by atoms with Crippen LogP contribution < -0.4 is 10.6 Å². The van der Waals surface area contributed by atoms with E-state index in [1.54, 1.807) is 17.1 Å². The fourth-order valence-corrected chi connectivity index (χ4v) is 2.42. The number of aromatic carboxylic acids is 1. The Balaban J connectivity index is 1.84. The summed E-state index contributed by atoms with van der Waals surface area (Å²) in [5.74, 6) is -2.69. The van der Waals surface area contributed by atoms with Gasteiger partial charge in [-0.1, -0.05) is 6.07 Å². The predicted molar refractivity (Wildman–Crippen MR) is 98.6 cm³/mol. The molecule has 0 bridgehead atoms. The van der Waals surface area contributed by atoms with Gasteiger partial charge < -0.3 is 15.7 Å². The molecule has 3 rings (SSSR count). The smallest absolute Gasteiger partial charge is 0.341 e. The van der Waals surface area contributed by atoms with Gasteiger partial charge >= 0.3 is 5.97 Å². The second-order valence-electron chi connectivity index (χ2n) is 6.24. The van der Waals surface area contributed by atoms with E-state index in [1.807, 2.05) is 13.8 Å². The molecule has 0 aliphatic carbocycles. The maximum Gasteiger partial charge on any atom is 0.341 e. The van der Waals surface area contributed by atoms with Crippen LogP contribution in [-0.2, 0) is 6.54 Å². The van der Waals surface area contributed by atoms with E-state index in [0.29, 0.717) is 5.69 Å². The van der Waals surface area contributed by atoms with Crippen LogP contribution in [0.2, 0.25) is 0 Å². The molecule has 8 nitrogen and oxygen atoms in total. The summed E-state index contributed by atoms with van der Waals surface area (Å²) < 4.78 is 29.3. The SMILES string of the molecule is CC(C)n1cc(Nc2ncc(C(=O)O)c(NCc3c(F)cccc3F)n2)cn1. The Morgan fingerprint density at radius 3 is 2.57 bits per heavy atom. The first-order valence-corrected chi connectivity index (χ1v) is 8.43. The Hall–Kier alpha value is -3.56. The Morgan fingerprint density at radius 1 is 1.25 bits per heavy atom. The van der Waals surface area contributed by atoms with Crippen LogP contribution in [0.25, 0.3) is 0 Å². The van der Waals surface area contributed by atoms with Gasteiger partial charge in [-0.15, -0.1) is 0 Å². The standard InChI is InChI=1S/C18H18F2N6O2/c1-10(2)26-9-11(6-23-26)24-18-22-8-13(17(27)28)16(25-18)21-7-12-14(19)4-3-5-15(12)20/h3-6,8-10H,7H2,1-2H3,(H,27,28)(H2,21,22,24,25). The van der Waals surface area contributed by atoms with Gasteiger partial charge in [-0.25, -0.2) is 18.6 Å². The molecular weight excluding hydrogens is 370 g/mol. The van der Waals surface area contributed by atoms with Crippen LogP contribution >= 0.6 is 0 Å². The second-order valence-corrected chi connectivity index (χ2v) is 6.24. The summed E-state index contributed by atoms with van der Waals surface area (Å²) in [5.41, 5.74) is 0.174. The molecule has 0 aliphatic heterocycles. The van der Waals surface area contributed by atoms with Crippen LogP contribution in [0.5, 0.6) is 0 Å². The minimum Gasteiger partial charge on any atom is -0.477 e. The first kappa shape index (κ1) is 19.2. The lowest BCUT2D eigenvalue weighted by atomic mass is 10.2. The third-order valence-corrected chi connectivity index (χ3v) is 3.90. The first-order chi connectivity index (χ1) is 13.3. The topological polar surface area (TPSA) is 105 Å². The van der Waals surface area contributed by atoms with E-state index in [1.165, 1.54) is 6.07 Å². The number of nitrogens with zero attached hydrogens (tertiary/aromatic N) is 4. The van der Waals surface area contributed by atoms with Crippen molar-refractivity contribution in [2.75, 3.05) is 10.6 Å². The molecule has 10 heteroatoms. The zero-order valence-corrected chi connectivity index (χ0v) is 15.1. The number of carbonyl (C=O) groups is 1. The number of anilines is 3. The van der Waals surface area contributed by atoms with E-state index in [2.05, 4.69) is 25.7 Å². The van der Waals surface area contributed by atoms with Gasteiger partial charge in [0.25, 0.3) is 0 Å². The van der Waals surface area contributed by atoms with Crippen LogP contribution in [-0.4, -0.2) is 30.8 Å². The highest BCUT2D eigenvalue weighted by Crippen LogP contribution is 2.20. The van der Waals surface area contributed by atoms with E-state index >= 15 is 0 Å². The molecule has 0 saturated heterocycles. The molecule has 2 heterocycles. The normalized spacial score (nSPS) is 10.9. The summed E-state index contributed by atoms with van der Waals surface area (Å²) in [4.78, 5) is 19.5. The van der Waals surface area contributed by atoms with Crippen LogP contribution in [0.15, 0.2) is 36.8 Å². The van der Waals surface area contributed by atoms with Gasteiger partial charge in [0.2, 0.25) is 5.95 Å². The lowest BCUT2D eigenvalue weighted by molar-refractivity contribution is 0.0697. The molecule has 0 unspecified atom stereocenters. The number of rotatable bonds is 7. The predicted octanol–water partition coefficient (Wildman–Crippen LogP) is 3.59. The van der Waals surface area contributed by atoms with E-state index in [9.17, 15) is 18.7 Å². The van der Waals surface area contributed by atoms with Crippen molar-refractivity contribution < 1.29 is 18.7 Å². The highest BCUT2D eigenvalue weighted by molar-refractivity contribution is 5.93. The fraction of sp³-hybridized carbons (Fsp3) is 0.222. The van der Waals surface area contributed by atoms with Crippen molar-refractivity contribution in [1.29, 1.82) is 0 Å². The molecular formula is C18H18F2N6O2. The van der Waals surface area contributed by atoms with Crippen molar-refractivity contribution in [2.45, 2.75) is 26.4 Å². The maximum atomic E-state index is 13.8. The number of halogens is 2. The lowest BCUT2D eigenvalue weighted by Gasteiger charge is -2.11. The van der Waals surface area contributed by atoms with Crippen LogP contribution in [0.3, 0.4) is 0 Å². The van der Waals surface area contributed by atoms with Gasteiger partial charge in [0, 0.05) is 30.5 Å². The van der Waals surface area contributed by atoms with Crippen molar-refractivity contribution in [3.63, 3.8) is 0 Å². The molecule has 3 N–H and O–H groups in total. The average molecular weight is 388 g/mol. The Labute approximate surface area is 159 Å². The largest absolute Gasteiger partial charge is 0.477 e. The van der Waals surface area contributed by atoms with Crippen LogP contribution in [0.4, 0.5) is 26.2 Å². The van der Waals surface area contributed by atoms with Gasteiger partial charge in [0.05, 0.1) is 11.9 Å². The van der Waals surface area contributed by atoms with Gasteiger partial charge in [0.15, 0.2) is 0 Å². The van der Waals surface area contributed by atoms with Crippen LogP contribution in [0, 0.1) is 11.6 Å². The number of carboxylic acid groups (broad SMARTS) is 1. The number of hydrogen-bond donors (Lipinski definition) is 3.